The van der Waals surface area contributed by atoms with Gasteiger partial charge >= 0.3 is 0 Å². The Kier molecular flexibility index (Phi) is 2.96. The third kappa shape index (κ3) is 2.08. The third-order valence-electron chi connectivity index (χ3n) is 2.05. The van der Waals surface area contributed by atoms with Gasteiger partial charge in [-0.05, 0) is 12.5 Å². The summed E-state index contributed by atoms with van der Waals surface area (Å²) in [5.41, 5.74) is -0.311. The number of nitro groups is 2. The lowest BCUT2D eigenvalue weighted by atomic mass is 10.1. The van der Waals surface area contributed by atoms with E-state index in [1.165, 1.54) is 6.92 Å². The molecule has 0 aliphatic rings. The van der Waals surface area contributed by atoms with Crippen molar-refractivity contribution in [1.82, 2.24) is 0 Å². The number of hydrogen-bond acceptors (Lipinski definition) is 5. The molecule has 0 aliphatic carbocycles. The van der Waals surface area contributed by atoms with E-state index in [-0.39, 0.29) is 16.8 Å². The van der Waals surface area contributed by atoms with Crippen LogP contribution in [0.25, 0.3) is 0 Å². The summed E-state index contributed by atoms with van der Waals surface area (Å²) in [6.07, 6.45) is 0. The molecule has 7 heteroatoms. The fraction of sp³-hybridized carbons (Fsp3) is 0.250. The predicted octanol–water partition coefficient (Wildman–Crippen LogP) is 1.30. The van der Waals surface area contributed by atoms with E-state index in [2.05, 4.69) is 0 Å². The molecule has 0 aromatic heterocycles. The Morgan fingerprint density at radius 2 is 1.87 bits per heavy atom. The summed E-state index contributed by atoms with van der Waals surface area (Å²) >= 11 is 0. The first kappa shape index (κ1) is 11.1. The highest BCUT2D eigenvalue weighted by molar-refractivity contribution is 5.52. The maximum atomic E-state index is 10.6. The largest absolute Gasteiger partial charge is 0.392 e. The van der Waals surface area contributed by atoms with E-state index in [1.54, 1.807) is 0 Å². The molecule has 1 aromatic rings. The summed E-state index contributed by atoms with van der Waals surface area (Å²) in [6, 6.07) is 2.01. The highest BCUT2D eigenvalue weighted by Gasteiger charge is 2.20. The van der Waals surface area contributed by atoms with Gasteiger partial charge in [-0.15, -0.1) is 0 Å². The zero-order valence-corrected chi connectivity index (χ0v) is 7.84. The third-order valence-corrected chi connectivity index (χ3v) is 2.05. The average molecular weight is 212 g/mol. The molecular formula is C8H8N2O5. The molecule has 1 aromatic carbocycles. The van der Waals surface area contributed by atoms with Gasteiger partial charge in [0.1, 0.15) is 0 Å². The summed E-state index contributed by atoms with van der Waals surface area (Å²) in [4.78, 5) is 19.6. The normalized spacial score (nSPS) is 10.0. The van der Waals surface area contributed by atoms with Crippen LogP contribution in [0.15, 0.2) is 12.1 Å². The van der Waals surface area contributed by atoms with E-state index in [9.17, 15) is 20.2 Å². The smallest absolute Gasteiger partial charge is 0.279 e. The second-order valence-corrected chi connectivity index (χ2v) is 2.92. The molecule has 1 rings (SSSR count). The lowest BCUT2D eigenvalue weighted by molar-refractivity contribution is -0.394. The van der Waals surface area contributed by atoms with Gasteiger partial charge in [0, 0.05) is 11.6 Å². The standard InChI is InChI=1S/C8H8N2O5/c1-5-6(4-11)2-7(9(12)13)3-8(5)10(14)15/h2-3,11H,4H2,1H3. The van der Waals surface area contributed by atoms with Crippen LogP contribution >= 0.6 is 0 Å². The Morgan fingerprint density at radius 3 is 2.27 bits per heavy atom. The van der Waals surface area contributed by atoms with Crippen LogP contribution in [0.2, 0.25) is 0 Å². The van der Waals surface area contributed by atoms with Crippen LogP contribution in [-0.4, -0.2) is 15.0 Å². The van der Waals surface area contributed by atoms with Crippen molar-refractivity contribution in [2.45, 2.75) is 13.5 Å². The molecular weight excluding hydrogens is 204 g/mol. The summed E-state index contributed by atoms with van der Waals surface area (Å²) in [5.74, 6) is 0. The van der Waals surface area contributed by atoms with E-state index in [1.807, 2.05) is 0 Å². The van der Waals surface area contributed by atoms with Crippen molar-refractivity contribution in [2.24, 2.45) is 0 Å². The van der Waals surface area contributed by atoms with E-state index < -0.39 is 22.1 Å². The number of benzene rings is 1. The molecule has 0 radical (unpaired) electrons. The van der Waals surface area contributed by atoms with Gasteiger partial charge in [-0.25, -0.2) is 0 Å². The Balaban J connectivity index is 3.45. The van der Waals surface area contributed by atoms with Crippen LogP contribution in [-0.2, 0) is 6.61 Å². The summed E-state index contributed by atoms with van der Waals surface area (Å²) in [6.45, 7) is 0.974. The molecule has 0 aliphatic heterocycles. The maximum Gasteiger partial charge on any atom is 0.279 e. The Bertz CT molecular complexity index is 429. The van der Waals surface area contributed by atoms with Crippen LogP contribution in [0.4, 0.5) is 11.4 Å². The van der Waals surface area contributed by atoms with Gasteiger partial charge < -0.3 is 5.11 Å². The Labute approximate surface area is 84.3 Å². The number of non-ortho nitro benzene ring substituents is 1. The minimum atomic E-state index is -0.731. The molecule has 80 valence electrons. The second-order valence-electron chi connectivity index (χ2n) is 2.92. The van der Waals surface area contributed by atoms with E-state index >= 15 is 0 Å². The minimum Gasteiger partial charge on any atom is -0.392 e. The van der Waals surface area contributed by atoms with Gasteiger partial charge in [0.2, 0.25) is 0 Å². The van der Waals surface area contributed by atoms with E-state index in [4.69, 9.17) is 5.11 Å². The van der Waals surface area contributed by atoms with Gasteiger partial charge in [0.05, 0.1) is 22.5 Å². The quantitative estimate of drug-likeness (QED) is 0.600. The molecule has 0 spiro atoms. The van der Waals surface area contributed by atoms with Crippen LogP contribution in [0.1, 0.15) is 11.1 Å². The van der Waals surface area contributed by atoms with Gasteiger partial charge in [-0.3, -0.25) is 20.2 Å². The molecule has 0 amide bonds. The first-order valence-corrected chi connectivity index (χ1v) is 4.00. The lowest BCUT2D eigenvalue weighted by Gasteiger charge is -2.02. The number of nitro benzene ring substituents is 2. The second kappa shape index (κ2) is 4.01. The first-order chi connectivity index (χ1) is 6.97. The van der Waals surface area contributed by atoms with Crippen molar-refractivity contribution in [3.05, 3.63) is 43.5 Å². The molecule has 0 saturated heterocycles. The van der Waals surface area contributed by atoms with Crippen molar-refractivity contribution < 1.29 is 15.0 Å². The highest BCUT2D eigenvalue weighted by atomic mass is 16.6. The van der Waals surface area contributed by atoms with E-state index in [0.29, 0.717) is 0 Å². The van der Waals surface area contributed by atoms with Gasteiger partial charge in [-0.2, -0.15) is 0 Å². The van der Waals surface area contributed by atoms with Crippen molar-refractivity contribution in [3.63, 3.8) is 0 Å². The molecule has 15 heavy (non-hydrogen) atoms. The zero-order valence-electron chi connectivity index (χ0n) is 7.84. The summed E-state index contributed by atoms with van der Waals surface area (Å²) in [7, 11) is 0. The molecule has 0 bridgehead atoms. The fourth-order valence-corrected chi connectivity index (χ4v) is 1.20. The molecule has 1 N–H and O–H groups in total. The molecule has 0 unspecified atom stereocenters. The van der Waals surface area contributed by atoms with Crippen molar-refractivity contribution in [2.75, 3.05) is 0 Å². The molecule has 7 nitrogen and oxygen atoms in total. The molecule has 0 saturated carbocycles. The van der Waals surface area contributed by atoms with Crippen LogP contribution in [0.3, 0.4) is 0 Å². The lowest BCUT2D eigenvalue weighted by Crippen LogP contribution is -1.99. The minimum absolute atomic E-state index is 0.191. The maximum absolute atomic E-state index is 10.6. The molecule has 0 heterocycles. The van der Waals surface area contributed by atoms with Gasteiger partial charge in [0.15, 0.2) is 0 Å². The van der Waals surface area contributed by atoms with Crippen LogP contribution < -0.4 is 0 Å². The predicted molar refractivity (Wildman–Crippen MR) is 50.4 cm³/mol. The van der Waals surface area contributed by atoms with E-state index in [0.717, 1.165) is 12.1 Å². The zero-order chi connectivity index (χ0) is 11.6. The number of nitrogens with zero attached hydrogens (tertiary/aromatic N) is 2. The average Bonchev–Trinajstić information content (AvgIpc) is 2.17. The topological polar surface area (TPSA) is 107 Å². The Morgan fingerprint density at radius 1 is 1.27 bits per heavy atom. The van der Waals surface area contributed by atoms with Crippen LogP contribution in [0, 0.1) is 27.2 Å². The number of hydrogen-bond donors (Lipinski definition) is 1. The monoisotopic (exact) mass is 212 g/mol. The molecule has 0 fully saturated rings. The number of aliphatic hydroxyl groups excluding tert-OH is 1. The van der Waals surface area contributed by atoms with Crippen molar-refractivity contribution >= 4 is 11.4 Å². The SMILES string of the molecule is Cc1c(CO)cc([N+](=O)[O-])cc1[N+](=O)[O-]. The van der Waals surface area contributed by atoms with Gasteiger partial charge in [0.25, 0.3) is 11.4 Å². The van der Waals surface area contributed by atoms with Gasteiger partial charge in [-0.1, -0.05) is 0 Å². The highest BCUT2D eigenvalue weighted by Crippen LogP contribution is 2.27. The van der Waals surface area contributed by atoms with Crippen LogP contribution in [0.5, 0.6) is 0 Å². The Hall–Kier alpha value is -2.02. The number of aliphatic hydroxyl groups is 1. The van der Waals surface area contributed by atoms with Crippen molar-refractivity contribution in [3.8, 4) is 0 Å². The van der Waals surface area contributed by atoms with Crippen molar-refractivity contribution in [1.29, 1.82) is 0 Å². The summed E-state index contributed by atoms with van der Waals surface area (Å²) < 4.78 is 0. The molecule has 0 atom stereocenters. The first-order valence-electron chi connectivity index (χ1n) is 4.00. The summed E-state index contributed by atoms with van der Waals surface area (Å²) in [5, 5.41) is 29.9. The number of rotatable bonds is 3. The fourth-order valence-electron chi connectivity index (χ4n) is 1.20.